The fourth-order valence-corrected chi connectivity index (χ4v) is 4.00. The van der Waals surface area contributed by atoms with Crippen molar-refractivity contribution >= 4 is 0 Å². The number of ether oxygens (including phenoxy) is 5. The molecular formula is C28H32O6. The van der Waals surface area contributed by atoms with Crippen LogP contribution in [0.5, 0.6) is 0 Å². The SMILES string of the molecule is COC1OC(C(COCc2ccccc2)OCc2ccccc2)C(OCc2ccccc2)C1O. The number of methoxy groups -OCH3 is 1. The van der Waals surface area contributed by atoms with Gasteiger partial charge in [-0.3, -0.25) is 0 Å². The highest BCUT2D eigenvalue weighted by Gasteiger charge is 2.48. The van der Waals surface area contributed by atoms with Crippen molar-refractivity contribution in [3.05, 3.63) is 108 Å². The molecule has 0 radical (unpaired) electrons. The first-order chi connectivity index (χ1) is 16.7. The Morgan fingerprint density at radius 2 is 1.29 bits per heavy atom. The summed E-state index contributed by atoms with van der Waals surface area (Å²) in [7, 11) is 1.51. The largest absolute Gasteiger partial charge is 0.385 e. The zero-order valence-corrected chi connectivity index (χ0v) is 19.4. The third kappa shape index (κ3) is 6.73. The molecule has 3 aromatic carbocycles. The van der Waals surface area contributed by atoms with E-state index in [1.165, 1.54) is 7.11 Å². The van der Waals surface area contributed by atoms with Crippen LogP contribution < -0.4 is 0 Å². The first kappa shape index (κ1) is 24.5. The molecule has 1 aliphatic rings. The topological polar surface area (TPSA) is 66.4 Å². The van der Waals surface area contributed by atoms with E-state index in [4.69, 9.17) is 23.7 Å². The molecule has 1 saturated heterocycles. The highest BCUT2D eigenvalue weighted by atomic mass is 16.7. The number of rotatable bonds is 12. The Kier molecular flexibility index (Phi) is 9.21. The van der Waals surface area contributed by atoms with Gasteiger partial charge in [-0.15, -0.1) is 0 Å². The predicted molar refractivity (Wildman–Crippen MR) is 128 cm³/mol. The number of hydrogen-bond donors (Lipinski definition) is 1. The van der Waals surface area contributed by atoms with Gasteiger partial charge in [0.15, 0.2) is 6.29 Å². The van der Waals surface area contributed by atoms with Gasteiger partial charge in [0.1, 0.15) is 24.4 Å². The summed E-state index contributed by atoms with van der Waals surface area (Å²) in [6.45, 7) is 1.46. The molecule has 1 aliphatic heterocycles. The fourth-order valence-electron chi connectivity index (χ4n) is 4.00. The molecule has 0 saturated carbocycles. The molecule has 0 aromatic heterocycles. The molecule has 3 aromatic rings. The molecule has 1 fully saturated rings. The van der Waals surface area contributed by atoms with Crippen LogP contribution in [-0.2, 0) is 43.5 Å². The van der Waals surface area contributed by atoms with E-state index in [1.807, 2.05) is 91.0 Å². The minimum Gasteiger partial charge on any atom is -0.385 e. The van der Waals surface area contributed by atoms with E-state index < -0.39 is 30.7 Å². The van der Waals surface area contributed by atoms with Gasteiger partial charge in [0.25, 0.3) is 0 Å². The van der Waals surface area contributed by atoms with E-state index in [9.17, 15) is 5.11 Å². The molecule has 0 bridgehead atoms. The molecule has 1 heterocycles. The molecule has 0 amide bonds. The Bertz CT molecular complexity index is 952. The fraction of sp³-hybridized carbons (Fsp3) is 0.357. The van der Waals surface area contributed by atoms with Crippen LogP contribution in [0.3, 0.4) is 0 Å². The van der Waals surface area contributed by atoms with E-state index in [2.05, 4.69) is 0 Å². The van der Waals surface area contributed by atoms with E-state index in [1.54, 1.807) is 0 Å². The van der Waals surface area contributed by atoms with Crippen LogP contribution in [0.1, 0.15) is 16.7 Å². The van der Waals surface area contributed by atoms with Crippen LogP contribution in [0.15, 0.2) is 91.0 Å². The second-order valence-corrected chi connectivity index (χ2v) is 8.29. The van der Waals surface area contributed by atoms with Gasteiger partial charge in [-0.2, -0.15) is 0 Å². The minimum atomic E-state index is -0.948. The Hall–Kier alpha value is -2.58. The van der Waals surface area contributed by atoms with Crippen molar-refractivity contribution in [2.75, 3.05) is 13.7 Å². The lowest BCUT2D eigenvalue weighted by molar-refractivity contribution is -0.181. The summed E-state index contributed by atoms with van der Waals surface area (Å²) >= 11 is 0. The number of benzene rings is 3. The van der Waals surface area contributed by atoms with Crippen molar-refractivity contribution in [1.82, 2.24) is 0 Å². The summed E-state index contributed by atoms with van der Waals surface area (Å²) in [6, 6.07) is 29.7. The molecule has 0 aliphatic carbocycles. The van der Waals surface area contributed by atoms with Gasteiger partial charge >= 0.3 is 0 Å². The van der Waals surface area contributed by atoms with Gasteiger partial charge in [-0.05, 0) is 16.7 Å². The third-order valence-corrected chi connectivity index (χ3v) is 5.82. The van der Waals surface area contributed by atoms with Crippen LogP contribution in [0.2, 0.25) is 0 Å². The smallest absolute Gasteiger partial charge is 0.186 e. The maximum Gasteiger partial charge on any atom is 0.186 e. The maximum atomic E-state index is 10.9. The summed E-state index contributed by atoms with van der Waals surface area (Å²) in [6.07, 6.45) is -3.42. The molecule has 6 nitrogen and oxygen atoms in total. The van der Waals surface area contributed by atoms with Gasteiger partial charge in [-0.1, -0.05) is 91.0 Å². The van der Waals surface area contributed by atoms with Crippen molar-refractivity contribution in [2.24, 2.45) is 0 Å². The molecule has 0 spiro atoms. The quantitative estimate of drug-likeness (QED) is 0.435. The average molecular weight is 465 g/mol. The Labute approximate surface area is 201 Å². The first-order valence-electron chi connectivity index (χ1n) is 11.5. The highest BCUT2D eigenvalue weighted by Crippen LogP contribution is 2.29. The number of hydrogen-bond acceptors (Lipinski definition) is 6. The molecule has 1 N–H and O–H groups in total. The molecule has 6 heteroatoms. The lowest BCUT2D eigenvalue weighted by atomic mass is 10.1. The Balaban J connectivity index is 1.46. The van der Waals surface area contributed by atoms with Crippen LogP contribution in [0, 0.1) is 0 Å². The first-order valence-corrected chi connectivity index (χ1v) is 11.5. The van der Waals surface area contributed by atoms with Crippen molar-refractivity contribution in [3.8, 4) is 0 Å². The van der Waals surface area contributed by atoms with Crippen molar-refractivity contribution in [1.29, 1.82) is 0 Å². The predicted octanol–water partition coefficient (Wildman–Crippen LogP) is 4.11. The Morgan fingerprint density at radius 1 is 0.765 bits per heavy atom. The van der Waals surface area contributed by atoms with E-state index in [0.29, 0.717) is 19.8 Å². The molecule has 180 valence electrons. The molecule has 34 heavy (non-hydrogen) atoms. The summed E-state index contributed by atoms with van der Waals surface area (Å²) in [5.74, 6) is 0. The van der Waals surface area contributed by atoms with Crippen LogP contribution in [0.4, 0.5) is 0 Å². The third-order valence-electron chi connectivity index (χ3n) is 5.82. The van der Waals surface area contributed by atoms with E-state index in [-0.39, 0.29) is 6.61 Å². The maximum absolute atomic E-state index is 10.9. The average Bonchev–Trinajstić information content (AvgIpc) is 3.21. The lowest BCUT2D eigenvalue weighted by Gasteiger charge is -2.28. The van der Waals surface area contributed by atoms with Crippen molar-refractivity contribution in [3.63, 3.8) is 0 Å². The summed E-state index contributed by atoms with van der Waals surface area (Å²) in [5.41, 5.74) is 3.12. The van der Waals surface area contributed by atoms with Gasteiger partial charge in [0, 0.05) is 7.11 Å². The van der Waals surface area contributed by atoms with Crippen LogP contribution in [0.25, 0.3) is 0 Å². The summed E-state index contributed by atoms with van der Waals surface area (Å²) < 4.78 is 29.9. The molecular weight excluding hydrogens is 432 g/mol. The monoisotopic (exact) mass is 464 g/mol. The van der Waals surface area contributed by atoms with Crippen LogP contribution in [-0.4, -0.2) is 49.5 Å². The molecule has 4 rings (SSSR count). The molecule has 5 atom stereocenters. The lowest BCUT2D eigenvalue weighted by Crippen LogP contribution is -2.44. The highest BCUT2D eigenvalue weighted by molar-refractivity contribution is 5.15. The van der Waals surface area contributed by atoms with Gasteiger partial charge in [-0.25, -0.2) is 0 Å². The minimum absolute atomic E-state index is 0.279. The number of aliphatic hydroxyl groups is 1. The van der Waals surface area contributed by atoms with Crippen molar-refractivity contribution in [2.45, 2.75) is 50.5 Å². The summed E-state index contributed by atoms with van der Waals surface area (Å²) in [5, 5.41) is 10.9. The zero-order valence-electron chi connectivity index (χ0n) is 19.4. The molecule has 5 unspecified atom stereocenters. The van der Waals surface area contributed by atoms with Gasteiger partial charge in [0.05, 0.1) is 26.4 Å². The van der Waals surface area contributed by atoms with Gasteiger partial charge in [0.2, 0.25) is 0 Å². The normalized spacial score (nSPS) is 23.1. The second kappa shape index (κ2) is 12.8. The van der Waals surface area contributed by atoms with Gasteiger partial charge < -0.3 is 28.8 Å². The van der Waals surface area contributed by atoms with E-state index >= 15 is 0 Å². The summed E-state index contributed by atoms with van der Waals surface area (Å²) in [4.78, 5) is 0. The van der Waals surface area contributed by atoms with Crippen LogP contribution >= 0.6 is 0 Å². The standard InChI is InChI=1S/C28H32O6/c1-30-28-25(29)27(33-19-23-15-9-4-10-16-23)26(34-28)24(32-18-22-13-7-3-8-14-22)20-31-17-21-11-5-2-6-12-21/h2-16,24-29H,17-20H2,1H3. The second-order valence-electron chi connectivity index (χ2n) is 8.29. The van der Waals surface area contributed by atoms with Crippen molar-refractivity contribution < 1.29 is 28.8 Å². The zero-order chi connectivity index (χ0) is 23.6. The van der Waals surface area contributed by atoms with E-state index in [0.717, 1.165) is 16.7 Å². The number of aliphatic hydroxyl groups excluding tert-OH is 1. The Morgan fingerprint density at radius 3 is 1.85 bits per heavy atom.